The number of ether oxygens (including phenoxy) is 1. The largest absolute Gasteiger partial charge is 0.504 e. The van der Waals surface area contributed by atoms with Crippen LogP contribution < -0.4 is 15.4 Å². The van der Waals surface area contributed by atoms with Crippen LogP contribution in [0.5, 0.6) is 11.5 Å². The van der Waals surface area contributed by atoms with Gasteiger partial charge in [0.1, 0.15) is 0 Å². The molecule has 0 aliphatic carbocycles. The zero-order valence-corrected chi connectivity index (χ0v) is 9.86. The van der Waals surface area contributed by atoms with Crippen molar-refractivity contribution in [3.8, 4) is 11.5 Å². The molecule has 1 aliphatic heterocycles. The topological polar surface area (TPSA) is 70.6 Å². The SMILES string of the molecule is COc1ccc(C2CNC(=O)C(C)N2)cc1O. The van der Waals surface area contributed by atoms with Crippen LogP contribution in [-0.2, 0) is 4.79 Å². The first-order valence-corrected chi connectivity index (χ1v) is 5.52. The van der Waals surface area contributed by atoms with Gasteiger partial charge in [0.25, 0.3) is 0 Å². The van der Waals surface area contributed by atoms with Crippen molar-refractivity contribution < 1.29 is 14.6 Å². The molecule has 1 saturated heterocycles. The first kappa shape index (κ1) is 11.7. The Balaban J connectivity index is 2.18. The highest BCUT2D eigenvalue weighted by Gasteiger charge is 2.25. The average molecular weight is 236 g/mol. The van der Waals surface area contributed by atoms with Crippen LogP contribution in [0.2, 0.25) is 0 Å². The number of nitrogens with one attached hydrogen (secondary N) is 2. The van der Waals surface area contributed by atoms with Crippen LogP contribution in [-0.4, -0.2) is 30.7 Å². The lowest BCUT2D eigenvalue weighted by atomic mass is 10.0. The standard InChI is InChI=1S/C12H16N2O3/c1-7-12(16)13-6-9(14-7)8-3-4-11(17-2)10(15)5-8/h3-5,7,9,14-15H,6H2,1-2H3,(H,13,16). The predicted molar refractivity (Wildman–Crippen MR) is 63.0 cm³/mol. The van der Waals surface area contributed by atoms with Gasteiger partial charge in [-0.2, -0.15) is 0 Å². The summed E-state index contributed by atoms with van der Waals surface area (Å²) in [4.78, 5) is 11.3. The summed E-state index contributed by atoms with van der Waals surface area (Å²) >= 11 is 0. The van der Waals surface area contributed by atoms with Crippen LogP contribution in [0, 0.1) is 0 Å². The summed E-state index contributed by atoms with van der Waals surface area (Å²) in [7, 11) is 1.51. The van der Waals surface area contributed by atoms with E-state index in [4.69, 9.17) is 4.74 Å². The number of carbonyl (C=O) groups excluding carboxylic acids is 1. The van der Waals surface area contributed by atoms with Gasteiger partial charge in [0, 0.05) is 6.54 Å². The van der Waals surface area contributed by atoms with Crippen molar-refractivity contribution in [2.45, 2.75) is 19.0 Å². The molecule has 17 heavy (non-hydrogen) atoms. The molecule has 2 atom stereocenters. The van der Waals surface area contributed by atoms with E-state index in [9.17, 15) is 9.90 Å². The van der Waals surface area contributed by atoms with Gasteiger partial charge in [0.15, 0.2) is 11.5 Å². The first-order chi connectivity index (χ1) is 8.11. The van der Waals surface area contributed by atoms with Gasteiger partial charge < -0.3 is 15.2 Å². The summed E-state index contributed by atoms with van der Waals surface area (Å²) in [6, 6.07) is 5.03. The van der Waals surface area contributed by atoms with E-state index in [1.807, 2.05) is 13.0 Å². The smallest absolute Gasteiger partial charge is 0.236 e. The van der Waals surface area contributed by atoms with Crippen LogP contribution in [0.4, 0.5) is 0 Å². The number of carbonyl (C=O) groups is 1. The van der Waals surface area contributed by atoms with E-state index in [-0.39, 0.29) is 23.7 Å². The number of methoxy groups -OCH3 is 1. The molecule has 1 aliphatic rings. The number of piperazine rings is 1. The zero-order chi connectivity index (χ0) is 12.4. The highest BCUT2D eigenvalue weighted by molar-refractivity contribution is 5.82. The summed E-state index contributed by atoms with van der Waals surface area (Å²) in [5, 5.41) is 15.7. The van der Waals surface area contributed by atoms with Crippen molar-refractivity contribution in [3.63, 3.8) is 0 Å². The van der Waals surface area contributed by atoms with E-state index in [0.717, 1.165) is 5.56 Å². The molecule has 1 aromatic carbocycles. The number of hydrogen-bond acceptors (Lipinski definition) is 4. The van der Waals surface area contributed by atoms with Crippen molar-refractivity contribution in [3.05, 3.63) is 23.8 Å². The molecule has 5 heteroatoms. The van der Waals surface area contributed by atoms with Gasteiger partial charge >= 0.3 is 0 Å². The Morgan fingerprint density at radius 1 is 1.47 bits per heavy atom. The maximum atomic E-state index is 11.3. The van der Waals surface area contributed by atoms with Gasteiger partial charge in [-0.15, -0.1) is 0 Å². The molecule has 0 radical (unpaired) electrons. The van der Waals surface area contributed by atoms with Crippen LogP contribution >= 0.6 is 0 Å². The van der Waals surface area contributed by atoms with Gasteiger partial charge in [0.05, 0.1) is 19.2 Å². The molecule has 2 unspecified atom stereocenters. The summed E-state index contributed by atoms with van der Waals surface area (Å²) in [6.07, 6.45) is 0. The molecule has 1 fully saturated rings. The van der Waals surface area contributed by atoms with Crippen LogP contribution in [0.15, 0.2) is 18.2 Å². The van der Waals surface area contributed by atoms with Crippen LogP contribution in [0.3, 0.4) is 0 Å². The van der Waals surface area contributed by atoms with Crippen LogP contribution in [0.25, 0.3) is 0 Å². The monoisotopic (exact) mass is 236 g/mol. The number of amides is 1. The third kappa shape index (κ3) is 2.34. The Kier molecular flexibility index (Phi) is 3.19. The molecule has 3 N–H and O–H groups in total. The second-order valence-corrected chi connectivity index (χ2v) is 4.12. The molecule has 0 aromatic heterocycles. The lowest BCUT2D eigenvalue weighted by Crippen LogP contribution is -2.52. The molecule has 1 amide bonds. The Morgan fingerprint density at radius 2 is 2.24 bits per heavy atom. The van der Waals surface area contributed by atoms with E-state index in [1.54, 1.807) is 12.1 Å². The van der Waals surface area contributed by atoms with Gasteiger partial charge in [-0.05, 0) is 24.6 Å². The Labute approximate surface area is 99.8 Å². The molecular formula is C12H16N2O3. The number of hydrogen-bond donors (Lipinski definition) is 3. The minimum Gasteiger partial charge on any atom is -0.504 e. The number of aromatic hydroxyl groups is 1. The van der Waals surface area contributed by atoms with E-state index in [1.165, 1.54) is 7.11 Å². The molecule has 92 valence electrons. The van der Waals surface area contributed by atoms with Gasteiger partial charge in [0.2, 0.25) is 5.91 Å². The Bertz CT molecular complexity index is 434. The average Bonchev–Trinajstić information content (AvgIpc) is 2.32. The molecule has 0 spiro atoms. The van der Waals surface area contributed by atoms with Crippen molar-refractivity contribution in [2.24, 2.45) is 0 Å². The Hall–Kier alpha value is -1.75. The van der Waals surface area contributed by atoms with E-state index in [2.05, 4.69) is 10.6 Å². The van der Waals surface area contributed by atoms with Crippen molar-refractivity contribution >= 4 is 5.91 Å². The molecule has 0 saturated carbocycles. The summed E-state index contributed by atoms with van der Waals surface area (Å²) in [5.41, 5.74) is 0.926. The normalized spacial score (nSPS) is 24.2. The maximum Gasteiger partial charge on any atom is 0.236 e. The number of phenols is 1. The summed E-state index contributed by atoms with van der Waals surface area (Å²) < 4.78 is 4.99. The summed E-state index contributed by atoms with van der Waals surface area (Å²) in [6.45, 7) is 2.33. The molecule has 1 heterocycles. The van der Waals surface area contributed by atoms with Gasteiger partial charge in [-0.1, -0.05) is 6.07 Å². The second kappa shape index (κ2) is 4.63. The predicted octanol–water partition coefficient (Wildman–Crippen LogP) is 0.550. The fourth-order valence-corrected chi connectivity index (χ4v) is 1.93. The molecule has 5 nitrogen and oxygen atoms in total. The maximum absolute atomic E-state index is 11.3. The highest BCUT2D eigenvalue weighted by atomic mass is 16.5. The second-order valence-electron chi connectivity index (χ2n) is 4.12. The van der Waals surface area contributed by atoms with Crippen molar-refractivity contribution in [2.75, 3.05) is 13.7 Å². The first-order valence-electron chi connectivity index (χ1n) is 5.52. The quantitative estimate of drug-likeness (QED) is 0.701. The fourth-order valence-electron chi connectivity index (χ4n) is 1.93. The van der Waals surface area contributed by atoms with Gasteiger partial charge in [-0.3, -0.25) is 10.1 Å². The third-order valence-electron chi connectivity index (χ3n) is 2.93. The molecule has 1 aromatic rings. The van der Waals surface area contributed by atoms with Gasteiger partial charge in [-0.25, -0.2) is 0 Å². The zero-order valence-electron chi connectivity index (χ0n) is 9.86. The molecule has 2 rings (SSSR count). The fraction of sp³-hybridized carbons (Fsp3) is 0.417. The minimum atomic E-state index is -0.224. The van der Waals surface area contributed by atoms with E-state index < -0.39 is 0 Å². The summed E-state index contributed by atoms with van der Waals surface area (Å²) in [5.74, 6) is 0.553. The van der Waals surface area contributed by atoms with E-state index in [0.29, 0.717) is 12.3 Å². The molecule has 0 bridgehead atoms. The lowest BCUT2D eigenvalue weighted by molar-refractivity contribution is -0.124. The van der Waals surface area contributed by atoms with Crippen LogP contribution in [0.1, 0.15) is 18.5 Å². The van der Waals surface area contributed by atoms with E-state index >= 15 is 0 Å². The van der Waals surface area contributed by atoms with Crippen molar-refractivity contribution in [1.82, 2.24) is 10.6 Å². The minimum absolute atomic E-state index is 0.000941. The Morgan fingerprint density at radius 3 is 2.82 bits per heavy atom. The number of benzene rings is 1. The number of rotatable bonds is 2. The highest BCUT2D eigenvalue weighted by Crippen LogP contribution is 2.29. The lowest BCUT2D eigenvalue weighted by Gasteiger charge is -2.29. The van der Waals surface area contributed by atoms with Crippen molar-refractivity contribution in [1.29, 1.82) is 0 Å². The number of phenolic OH excluding ortho intramolecular Hbond substituents is 1. The third-order valence-corrected chi connectivity index (χ3v) is 2.93. The molecular weight excluding hydrogens is 220 g/mol.